The van der Waals surface area contributed by atoms with Crippen molar-refractivity contribution in [2.24, 2.45) is 0 Å². The van der Waals surface area contributed by atoms with Gasteiger partial charge in [-0.2, -0.15) is 0 Å². The number of anilines is 3. The summed E-state index contributed by atoms with van der Waals surface area (Å²) in [6.07, 6.45) is 0. The van der Waals surface area contributed by atoms with Crippen LogP contribution >= 0.6 is 22.7 Å². The van der Waals surface area contributed by atoms with Crippen molar-refractivity contribution in [3.8, 4) is 11.3 Å². The fraction of sp³-hybridized carbons (Fsp3) is 0. The normalized spacial score (nSPS) is 12.1. The zero-order valence-corrected chi connectivity index (χ0v) is 30.4. The van der Waals surface area contributed by atoms with Crippen LogP contribution in [0.25, 0.3) is 95.2 Å². The van der Waals surface area contributed by atoms with E-state index in [0.29, 0.717) is 0 Å². The van der Waals surface area contributed by atoms with Gasteiger partial charge in [-0.15, -0.1) is 22.7 Å². The maximum Gasteiger partial charge on any atom is 0.144 e. The molecule has 0 atom stereocenters. The first kappa shape index (κ1) is 30.0. The second-order valence-electron chi connectivity index (χ2n) is 13.9. The molecule has 0 unspecified atom stereocenters. The molecule has 5 heteroatoms. The van der Waals surface area contributed by atoms with Crippen LogP contribution < -0.4 is 4.90 Å². The summed E-state index contributed by atoms with van der Waals surface area (Å²) >= 11 is 3.70. The minimum absolute atomic E-state index is 0.898. The molecule has 12 aromatic rings. The predicted molar refractivity (Wildman–Crippen MR) is 232 cm³/mol. The molecular weight excluding hydrogens is 697 g/mol. The molecular formula is C49H28N2OS2. The van der Waals surface area contributed by atoms with Gasteiger partial charge in [-0.05, 0) is 66.7 Å². The molecule has 12 rings (SSSR count). The third-order valence-electron chi connectivity index (χ3n) is 10.8. The largest absolute Gasteiger partial charge is 0.455 e. The summed E-state index contributed by atoms with van der Waals surface area (Å²) in [6, 6.07) is 61.2. The molecule has 4 aromatic heterocycles. The second-order valence-corrected chi connectivity index (χ2v) is 16.0. The Kier molecular flexibility index (Phi) is 6.38. The predicted octanol–water partition coefficient (Wildman–Crippen LogP) is 15.2. The number of thiophene rings is 2. The van der Waals surface area contributed by atoms with Crippen molar-refractivity contribution in [2.75, 3.05) is 4.90 Å². The Balaban J connectivity index is 1.05. The van der Waals surface area contributed by atoms with Gasteiger partial charge >= 0.3 is 0 Å². The summed E-state index contributed by atoms with van der Waals surface area (Å²) in [6.45, 7) is 0. The maximum absolute atomic E-state index is 6.58. The lowest BCUT2D eigenvalue weighted by Gasteiger charge is -2.26. The Labute approximate surface area is 317 Å². The highest BCUT2D eigenvalue weighted by molar-refractivity contribution is 7.26. The summed E-state index contributed by atoms with van der Waals surface area (Å²) in [5.74, 6) is 0. The van der Waals surface area contributed by atoms with Crippen molar-refractivity contribution in [3.05, 3.63) is 170 Å². The molecule has 0 aliphatic carbocycles. The van der Waals surface area contributed by atoms with Gasteiger partial charge in [0.2, 0.25) is 0 Å². The van der Waals surface area contributed by atoms with E-state index < -0.39 is 0 Å². The van der Waals surface area contributed by atoms with Gasteiger partial charge in [-0.3, -0.25) is 0 Å². The Hall–Kier alpha value is -6.53. The van der Waals surface area contributed by atoms with Gasteiger partial charge in [0.25, 0.3) is 0 Å². The molecule has 0 saturated carbocycles. The first-order valence-electron chi connectivity index (χ1n) is 18.1. The van der Waals surface area contributed by atoms with Gasteiger partial charge in [0.15, 0.2) is 0 Å². The van der Waals surface area contributed by atoms with Crippen molar-refractivity contribution in [3.63, 3.8) is 0 Å². The third kappa shape index (κ3) is 4.43. The Morgan fingerprint density at radius 3 is 1.61 bits per heavy atom. The molecule has 4 heterocycles. The van der Waals surface area contributed by atoms with Crippen molar-refractivity contribution < 1.29 is 4.42 Å². The molecule has 3 nitrogen and oxygen atoms in total. The molecule has 0 fully saturated rings. The molecule has 54 heavy (non-hydrogen) atoms. The number of rotatable bonds is 4. The van der Waals surface area contributed by atoms with Crippen molar-refractivity contribution in [2.45, 2.75) is 0 Å². The minimum Gasteiger partial charge on any atom is -0.455 e. The standard InChI is InChI=1S/C49H28N2OS2/c1-5-13-41-39(12-1)47-40(26-25-38-33-9-2-6-14-42(33)52-49(38)47)48(50-41)29-17-19-30(20-18-29)51(31-21-23-36-34-10-3-7-15-43(34)53-45(36)27-31)32-22-24-37-35-11-4-8-16-44(35)54-46(37)28-32/h1-28H. The summed E-state index contributed by atoms with van der Waals surface area (Å²) in [4.78, 5) is 7.67. The lowest BCUT2D eigenvalue weighted by atomic mass is 9.97. The van der Waals surface area contributed by atoms with E-state index in [1.54, 1.807) is 0 Å². The van der Waals surface area contributed by atoms with E-state index in [4.69, 9.17) is 9.40 Å². The summed E-state index contributed by atoms with van der Waals surface area (Å²) < 4.78 is 11.8. The highest BCUT2D eigenvalue weighted by Gasteiger charge is 2.20. The molecule has 0 saturated heterocycles. The van der Waals surface area contributed by atoms with Crippen molar-refractivity contribution in [1.29, 1.82) is 0 Å². The lowest BCUT2D eigenvalue weighted by molar-refractivity contribution is 0.673. The smallest absolute Gasteiger partial charge is 0.144 e. The quantitative estimate of drug-likeness (QED) is 0.169. The Morgan fingerprint density at radius 1 is 0.407 bits per heavy atom. The van der Waals surface area contributed by atoms with E-state index in [1.165, 1.54) is 40.3 Å². The maximum atomic E-state index is 6.58. The first-order valence-corrected chi connectivity index (χ1v) is 19.7. The van der Waals surface area contributed by atoms with Crippen LogP contribution in [0, 0.1) is 0 Å². The molecule has 0 aliphatic rings. The van der Waals surface area contributed by atoms with Crippen LogP contribution in [0.2, 0.25) is 0 Å². The number of furan rings is 1. The topological polar surface area (TPSA) is 29.3 Å². The average molecular weight is 725 g/mol. The van der Waals surface area contributed by atoms with Gasteiger partial charge in [0, 0.05) is 89.9 Å². The zero-order valence-electron chi connectivity index (χ0n) is 28.8. The van der Waals surface area contributed by atoms with E-state index in [1.807, 2.05) is 34.8 Å². The van der Waals surface area contributed by atoms with E-state index >= 15 is 0 Å². The van der Waals surface area contributed by atoms with Gasteiger partial charge in [0.05, 0.1) is 11.2 Å². The SMILES string of the molecule is c1ccc2c(c1)nc(-c1ccc(N(c3ccc4c(c3)sc3ccccc34)c3ccc4c(c3)sc3ccccc34)cc1)c1ccc3c4ccccc4oc3c12. The highest BCUT2D eigenvalue weighted by Crippen LogP contribution is 2.45. The number of aromatic nitrogens is 1. The van der Waals surface area contributed by atoms with Crippen LogP contribution in [-0.2, 0) is 0 Å². The van der Waals surface area contributed by atoms with Crippen LogP contribution in [0.3, 0.4) is 0 Å². The monoisotopic (exact) mass is 724 g/mol. The summed E-state index contributed by atoms with van der Waals surface area (Å²) in [5.41, 5.74) is 8.11. The zero-order chi connectivity index (χ0) is 35.3. The summed E-state index contributed by atoms with van der Waals surface area (Å²) in [5, 5.41) is 10.7. The van der Waals surface area contributed by atoms with Gasteiger partial charge in [-0.1, -0.05) is 103 Å². The molecule has 0 radical (unpaired) electrons. The van der Waals surface area contributed by atoms with Crippen molar-refractivity contribution >= 4 is 124 Å². The molecule has 0 spiro atoms. The van der Waals surface area contributed by atoms with Gasteiger partial charge in [0.1, 0.15) is 11.2 Å². The number of pyridine rings is 1. The molecule has 252 valence electrons. The molecule has 0 amide bonds. The highest BCUT2D eigenvalue weighted by atomic mass is 32.1. The minimum atomic E-state index is 0.898. The molecule has 0 N–H and O–H groups in total. The Bertz CT molecular complexity index is 3350. The average Bonchev–Trinajstić information content (AvgIpc) is 3.91. The fourth-order valence-electron chi connectivity index (χ4n) is 8.36. The Morgan fingerprint density at radius 2 is 0.926 bits per heavy atom. The van der Waals surface area contributed by atoms with Crippen LogP contribution in [0.5, 0.6) is 0 Å². The van der Waals surface area contributed by atoms with Crippen LogP contribution in [0.15, 0.2) is 174 Å². The summed E-state index contributed by atoms with van der Waals surface area (Å²) in [7, 11) is 0. The van der Waals surface area contributed by atoms with Gasteiger partial charge < -0.3 is 9.32 Å². The van der Waals surface area contributed by atoms with Gasteiger partial charge in [-0.25, -0.2) is 4.98 Å². The van der Waals surface area contributed by atoms with Crippen LogP contribution in [0.4, 0.5) is 17.1 Å². The number of fused-ring (bicyclic) bond motifs is 13. The number of hydrogen-bond donors (Lipinski definition) is 0. The number of hydrogen-bond acceptors (Lipinski definition) is 5. The fourth-order valence-corrected chi connectivity index (χ4v) is 10.6. The van der Waals surface area contributed by atoms with E-state index in [2.05, 4.69) is 163 Å². The van der Waals surface area contributed by atoms with Crippen molar-refractivity contribution in [1.82, 2.24) is 4.98 Å². The third-order valence-corrected chi connectivity index (χ3v) is 13.1. The molecule has 0 aliphatic heterocycles. The van der Waals surface area contributed by atoms with E-state index in [0.717, 1.165) is 71.9 Å². The number of nitrogens with zero attached hydrogens (tertiary/aromatic N) is 2. The molecule has 8 aromatic carbocycles. The number of para-hydroxylation sites is 2. The van der Waals surface area contributed by atoms with E-state index in [9.17, 15) is 0 Å². The lowest BCUT2D eigenvalue weighted by Crippen LogP contribution is -2.09. The van der Waals surface area contributed by atoms with Crippen LogP contribution in [0.1, 0.15) is 0 Å². The first-order chi connectivity index (χ1) is 26.7. The van der Waals surface area contributed by atoms with E-state index in [-0.39, 0.29) is 0 Å². The second kappa shape index (κ2) is 11.5. The molecule has 0 bridgehead atoms. The van der Waals surface area contributed by atoms with Crippen LogP contribution in [-0.4, -0.2) is 4.98 Å². The number of benzene rings is 8.